The van der Waals surface area contributed by atoms with Gasteiger partial charge in [-0.25, -0.2) is 4.79 Å². The lowest BCUT2D eigenvalue weighted by Crippen LogP contribution is -2.54. The molecule has 0 radical (unpaired) electrons. The lowest BCUT2D eigenvalue weighted by molar-refractivity contribution is -0.154. The van der Waals surface area contributed by atoms with Crippen molar-refractivity contribution in [3.8, 4) is 5.75 Å². The lowest BCUT2D eigenvalue weighted by Gasteiger charge is -2.39. The molecule has 3 aromatic rings. The summed E-state index contributed by atoms with van der Waals surface area (Å²) in [4.78, 5) is 27.4. The van der Waals surface area contributed by atoms with Crippen LogP contribution in [0, 0.1) is 0 Å². The summed E-state index contributed by atoms with van der Waals surface area (Å²) in [5.74, 6) is -0.997. The van der Waals surface area contributed by atoms with E-state index in [4.69, 9.17) is 4.74 Å². The maximum atomic E-state index is 13.4. The second-order valence-electron chi connectivity index (χ2n) is 7.17. The van der Waals surface area contributed by atoms with Crippen molar-refractivity contribution in [1.82, 2.24) is 4.90 Å². The zero-order valence-corrected chi connectivity index (χ0v) is 16.4. The zero-order valence-electron chi connectivity index (χ0n) is 16.4. The molecule has 152 valence electrons. The highest BCUT2D eigenvalue weighted by Gasteiger charge is 2.54. The Morgan fingerprint density at radius 1 is 1.00 bits per heavy atom. The molecule has 0 aliphatic carbocycles. The van der Waals surface area contributed by atoms with Gasteiger partial charge in [0.15, 0.2) is 5.72 Å². The van der Waals surface area contributed by atoms with Gasteiger partial charge >= 0.3 is 5.97 Å². The van der Waals surface area contributed by atoms with Crippen molar-refractivity contribution in [2.75, 3.05) is 7.11 Å². The summed E-state index contributed by atoms with van der Waals surface area (Å²) < 4.78 is 5.00. The van der Waals surface area contributed by atoms with Crippen molar-refractivity contribution in [1.29, 1.82) is 0 Å². The van der Waals surface area contributed by atoms with Crippen LogP contribution in [0.2, 0.25) is 0 Å². The molecule has 6 nitrogen and oxygen atoms in total. The third-order valence-corrected chi connectivity index (χ3v) is 5.43. The smallest absolute Gasteiger partial charge is 0.329 e. The number of methoxy groups -OCH3 is 1. The summed E-state index contributed by atoms with van der Waals surface area (Å²) in [5, 5.41) is 21.5. The Kier molecular flexibility index (Phi) is 5.01. The molecule has 2 unspecified atom stereocenters. The van der Waals surface area contributed by atoms with Gasteiger partial charge in [-0.15, -0.1) is 0 Å². The maximum Gasteiger partial charge on any atom is 0.329 e. The van der Waals surface area contributed by atoms with Crippen molar-refractivity contribution < 1.29 is 24.5 Å². The lowest BCUT2D eigenvalue weighted by atomic mass is 9.92. The molecule has 1 aliphatic heterocycles. The normalized spacial score (nSPS) is 18.7. The van der Waals surface area contributed by atoms with Crippen LogP contribution in [0.3, 0.4) is 0 Å². The molecule has 2 N–H and O–H groups in total. The molecular formula is C24H21NO5. The number of rotatable bonds is 5. The standard InChI is InChI=1S/C24H21NO5/c1-30-23(28)21(15-16-11-13-18(26)14-12-16)25-22(27)19-9-5-6-10-20(19)24(25,29)17-7-3-2-4-8-17/h2-14,21,26,29H,15H2,1H3. The summed E-state index contributed by atoms with van der Waals surface area (Å²) in [6.07, 6.45) is 0.113. The summed E-state index contributed by atoms with van der Waals surface area (Å²) in [6.45, 7) is 0. The number of esters is 1. The average molecular weight is 403 g/mol. The number of nitrogens with zero attached hydrogens (tertiary/aromatic N) is 1. The van der Waals surface area contributed by atoms with Gasteiger partial charge < -0.3 is 14.9 Å². The molecule has 2 atom stereocenters. The van der Waals surface area contributed by atoms with Crippen LogP contribution >= 0.6 is 0 Å². The molecular weight excluding hydrogens is 382 g/mol. The van der Waals surface area contributed by atoms with E-state index in [2.05, 4.69) is 0 Å². The second-order valence-corrected chi connectivity index (χ2v) is 7.17. The summed E-state index contributed by atoms with van der Waals surface area (Å²) in [5.41, 5.74) is 0.111. The molecule has 0 spiro atoms. The largest absolute Gasteiger partial charge is 0.508 e. The first-order valence-electron chi connectivity index (χ1n) is 9.53. The van der Waals surface area contributed by atoms with E-state index in [-0.39, 0.29) is 12.2 Å². The highest BCUT2D eigenvalue weighted by Crippen LogP contribution is 2.44. The van der Waals surface area contributed by atoms with Gasteiger partial charge in [0, 0.05) is 23.1 Å². The molecule has 30 heavy (non-hydrogen) atoms. The minimum atomic E-state index is -1.83. The molecule has 0 fully saturated rings. The number of aliphatic hydroxyl groups is 1. The molecule has 0 saturated carbocycles. The molecule has 4 rings (SSSR count). The van der Waals surface area contributed by atoms with Gasteiger partial charge in [-0.05, 0) is 23.8 Å². The molecule has 3 aromatic carbocycles. The Morgan fingerprint density at radius 2 is 1.63 bits per heavy atom. The number of carbonyl (C=O) groups is 2. The highest BCUT2D eigenvalue weighted by atomic mass is 16.5. The van der Waals surface area contributed by atoms with Gasteiger partial charge in [-0.2, -0.15) is 0 Å². The Bertz CT molecular complexity index is 1080. The van der Waals surface area contributed by atoms with Crippen LogP contribution in [0.25, 0.3) is 0 Å². The van der Waals surface area contributed by atoms with Crippen LogP contribution in [0.15, 0.2) is 78.9 Å². The molecule has 1 amide bonds. The van der Waals surface area contributed by atoms with E-state index in [1.165, 1.54) is 24.1 Å². The van der Waals surface area contributed by atoms with Crippen LogP contribution in [-0.2, 0) is 21.7 Å². The summed E-state index contributed by atoms with van der Waals surface area (Å²) in [7, 11) is 1.25. The third kappa shape index (κ3) is 3.11. The van der Waals surface area contributed by atoms with E-state index < -0.39 is 23.6 Å². The molecule has 1 heterocycles. The molecule has 0 bridgehead atoms. The Morgan fingerprint density at radius 3 is 2.30 bits per heavy atom. The second kappa shape index (κ2) is 7.65. The minimum absolute atomic E-state index is 0.0961. The molecule has 0 saturated heterocycles. The van der Waals surface area contributed by atoms with E-state index in [1.54, 1.807) is 60.7 Å². The number of phenolic OH excluding ortho intramolecular Hbond substituents is 1. The minimum Gasteiger partial charge on any atom is -0.508 e. The molecule has 1 aliphatic rings. The van der Waals surface area contributed by atoms with Gasteiger partial charge in [-0.3, -0.25) is 9.69 Å². The Balaban J connectivity index is 1.87. The quantitative estimate of drug-likeness (QED) is 0.640. The number of amides is 1. The van der Waals surface area contributed by atoms with Crippen molar-refractivity contribution >= 4 is 11.9 Å². The van der Waals surface area contributed by atoms with Gasteiger partial charge in [0.1, 0.15) is 11.8 Å². The van der Waals surface area contributed by atoms with Crippen LogP contribution in [-0.4, -0.2) is 40.1 Å². The van der Waals surface area contributed by atoms with E-state index in [0.717, 1.165) is 0 Å². The van der Waals surface area contributed by atoms with Crippen LogP contribution in [0.1, 0.15) is 27.0 Å². The number of benzene rings is 3. The van der Waals surface area contributed by atoms with Gasteiger partial charge in [-0.1, -0.05) is 60.7 Å². The van der Waals surface area contributed by atoms with Gasteiger partial charge in [0.05, 0.1) is 7.11 Å². The topological polar surface area (TPSA) is 87.1 Å². The first-order valence-corrected chi connectivity index (χ1v) is 9.53. The number of phenols is 1. The van der Waals surface area contributed by atoms with Crippen LogP contribution in [0.4, 0.5) is 0 Å². The predicted octanol–water partition coefficient (Wildman–Crippen LogP) is 2.83. The first kappa shape index (κ1) is 19.7. The van der Waals surface area contributed by atoms with Crippen molar-refractivity contribution in [2.45, 2.75) is 18.2 Å². The summed E-state index contributed by atoms with van der Waals surface area (Å²) in [6, 6.07) is 20.9. The predicted molar refractivity (Wildman–Crippen MR) is 110 cm³/mol. The van der Waals surface area contributed by atoms with Crippen molar-refractivity contribution in [3.63, 3.8) is 0 Å². The molecule has 6 heteroatoms. The summed E-state index contributed by atoms with van der Waals surface area (Å²) >= 11 is 0. The maximum absolute atomic E-state index is 13.4. The average Bonchev–Trinajstić information content (AvgIpc) is 3.01. The fourth-order valence-electron chi connectivity index (χ4n) is 3.98. The Hall–Kier alpha value is -3.64. The molecule has 0 aromatic heterocycles. The van der Waals surface area contributed by atoms with Gasteiger partial charge in [0.25, 0.3) is 5.91 Å². The number of aromatic hydroxyl groups is 1. The number of hydrogen-bond acceptors (Lipinski definition) is 5. The number of hydrogen-bond donors (Lipinski definition) is 2. The van der Waals surface area contributed by atoms with E-state index in [9.17, 15) is 19.8 Å². The van der Waals surface area contributed by atoms with Crippen LogP contribution in [0.5, 0.6) is 5.75 Å². The van der Waals surface area contributed by atoms with E-state index in [0.29, 0.717) is 22.3 Å². The SMILES string of the molecule is COC(=O)C(Cc1ccc(O)cc1)N1C(=O)c2ccccc2C1(O)c1ccccc1. The number of fused-ring (bicyclic) bond motifs is 1. The van der Waals surface area contributed by atoms with Crippen LogP contribution < -0.4 is 0 Å². The van der Waals surface area contributed by atoms with E-state index >= 15 is 0 Å². The van der Waals surface area contributed by atoms with E-state index in [1.807, 2.05) is 6.07 Å². The fourth-order valence-corrected chi connectivity index (χ4v) is 3.98. The Labute approximate surface area is 174 Å². The number of carbonyl (C=O) groups excluding carboxylic acids is 2. The zero-order chi connectivity index (χ0) is 21.3. The fraction of sp³-hybridized carbons (Fsp3) is 0.167. The monoisotopic (exact) mass is 403 g/mol. The number of ether oxygens (including phenoxy) is 1. The third-order valence-electron chi connectivity index (χ3n) is 5.43. The highest BCUT2D eigenvalue weighted by molar-refractivity contribution is 6.02. The first-order chi connectivity index (χ1) is 14.5. The van der Waals surface area contributed by atoms with Crippen molar-refractivity contribution in [3.05, 3.63) is 101 Å². The van der Waals surface area contributed by atoms with Gasteiger partial charge in [0.2, 0.25) is 0 Å². The van der Waals surface area contributed by atoms with Crippen molar-refractivity contribution in [2.24, 2.45) is 0 Å².